The highest BCUT2D eigenvalue weighted by molar-refractivity contribution is 6.31. The normalized spacial score (nSPS) is 10.8. The van der Waals surface area contributed by atoms with E-state index in [2.05, 4.69) is 12.2 Å². The largest absolute Gasteiger partial charge is 0.326 e. The van der Waals surface area contributed by atoms with Crippen molar-refractivity contribution in [3.63, 3.8) is 0 Å². The Morgan fingerprint density at radius 1 is 0.917 bits per heavy atom. The van der Waals surface area contributed by atoms with Gasteiger partial charge in [-0.25, -0.2) is 0 Å². The summed E-state index contributed by atoms with van der Waals surface area (Å²) in [5.74, 6) is 0.0938. The first-order valence-corrected chi connectivity index (χ1v) is 10.1. The van der Waals surface area contributed by atoms with Crippen LogP contribution < -0.4 is 5.32 Å². The number of halogens is 1. The van der Waals surface area contributed by atoms with Crippen LogP contribution in [0, 0.1) is 6.92 Å². The molecule has 1 rings (SSSR count). The Bertz CT molecular complexity index is 473. The first-order chi connectivity index (χ1) is 11.6. The van der Waals surface area contributed by atoms with Gasteiger partial charge < -0.3 is 5.32 Å². The summed E-state index contributed by atoms with van der Waals surface area (Å²) in [5.41, 5.74) is 1.77. The van der Waals surface area contributed by atoms with Gasteiger partial charge >= 0.3 is 0 Å². The molecule has 24 heavy (non-hydrogen) atoms. The molecule has 1 N–H and O–H groups in total. The van der Waals surface area contributed by atoms with Crippen LogP contribution in [0.1, 0.15) is 89.5 Å². The van der Waals surface area contributed by atoms with Gasteiger partial charge in [-0.2, -0.15) is 0 Å². The van der Waals surface area contributed by atoms with Crippen LogP contribution in [0.25, 0.3) is 0 Å². The molecule has 0 aliphatic heterocycles. The second-order valence-electron chi connectivity index (χ2n) is 6.75. The van der Waals surface area contributed by atoms with Gasteiger partial charge in [0.2, 0.25) is 5.91 Å². The third-order valence-corrected chi connectivity index (χ3v) is 4.96. The Labute approximate surface area is 153 Å². The molecular formula is C21H34ClNO. The van der Waals surface area contributed by atoms with Gasteiger partial charge in [0.05, 0.1) is 0 Å². The highest BCUT2D eigenvalue weighted by Crippen LogP contribution is 2.23. The van der Waals surface area contributed by atoms with E-state index >= 15 is 0 Å². The zero-order valence-corrected chi connectivity index (χ0v) is 16.3. The first-order valence-electron chi connectivity index (χ1n) is 9.70. The van der Waals surface area contributed by atoms with Crippen molar-refractivity contribution in [3.8, 4) is 0 Å². The van der Waals surface area contributed by atoms with Crippen LogP contribution in [0.2, 0.25) is 5.02 Å². The predicted molar refractivity (Wildman–Crippen MR) is 106 cm³/mol. The van der Waals surface area contributed by atoms with Crippen molar-refractivity contribution in [2.75, 3.05) is 5.32 Å². The molecule has 1 amide bonds. The van der Waals surface area contributed by atoms with Crippen LogP contribution in [0.5, 0.6) is 0 Å². The highest BCUT2D eigenvalue weighted by atomic mass is 35.5. The summed E-state index contributed by atoms with van der Waals surface area (Å²) in [6, 6.07) is 5.61. The van der Waals surface area contributed by atoms with Crippen molar-refractivity contribution in [2.45, 2.75) is 90.9 Å². The molecule has 0 saturated carbocycles. The molecule has 0 aliphatic rings. The van der Waals surface area contributed by atoms with E-state index in [0.717, 1.165) is 24.1 Å². The van der Waals surface area contributed by atoms with Crippen molar-refractivity contribution in [3.05, 3.63) is 28.8 Å². The van der Waals surface area contributed by atoms with Crippen molar-refractivity contribution in [1.82, 2.24) is 0 Å². The fourth-order valence-corrected chi connectivity index (χ4v) is 3.08. The molecule has 0 unspecified atom stereocenters. The Morgan fingerprint density at radius 2 is 1.46 bits per heavy atom. The Hall–Kier alpha value is -1.02. The summed E-state index contributed by atoms with van der Waals surface area (Å²) in [5, 5.41) is 3.66. The molecule has 0 bridgehead atoms. The summed E-state index contributed by atoms with van der Waals surface area (Å²) >= 11 is 6.07. The second-order valence-corrected chi connectivity index (χ2v) is 7.15. The zero-order chi connectivity index (χ0) is 17.6. The maximum atomic E-state index is 12.0. The molecule has 1 aromatic carbocycles. The van der Waals surface area contributed by atoms with Crippen molar-refractivity contribution >= 4 is 23.2 Å². The molecule has 0 atom stereocenters. The molecule has 0 radical (unpaired) electrons. The van der Waals surface area contributed by atoms with Gasteiger partial charge in [-0.3, -0.25) is 4.79 Å². The fraction of sp³-hybridized carbons (Fsp3) is 0.667. The van der Waals surface area contributed by atoms with Gasteiger partial charge in [-0.05, 0) is 31.0 Å². The molecule has 2 nitrogen and oxygen atoms in total. The number of carbonyl (C=O) groups excluding carboxylic acids is 1. The lowest BCUT2D eigenvalue weighted by atomic mass is 10.1. The Morgan fingerprint density at radius 3 is 2.04 bits per heavy atom. The Balaban J connectivity index is 1.99. The van der Waals surface area contributed by atoms with Crippen LogP contribution in [-0.4, -0.2) is 5.91 Å². The van der Waals surface area contributed by atoms with E-state index in [-0.39, 0.29) is 5.91 Å². The molecule has 136 valence electrons. The fourth-order valence-electron chi connectivity index (χ4n) is 2.91. The number of unbranched alkanes of at least 4 members (excludes halogenated alkanes) is 10. The van der Waals surface area contributed by atoms with Crippen LogP contribution in [-0.2, 0) is 4.79 Å². The third kappa shape index (κ3) is 9.32. The summed E-state index contributed by atoms with van der Waals surface area (Å²) in [6.45, 7) is 4.19. The second kappa shape index (κ2) is 13.3. The van der Waals surface area contributed by atoms with Gasteiger partial charge in [0.1, 0.15) is 0 Å². The smallest absolute Gasteiger partial charge is 0.224 e. The van der Waals surface area contributed by atoms with Crippen molar-refractivity contribution < 1.29 is 4.79 Å². The van der Waals surface area contributed by atoms with Crippen LogP contribution in [0.15, 0.2) is 18.2 Å². The van der Waals surface area contributed by atoms with Crippen molar-refractivity contribution in [1.29, 1.82) is 0 Å². The van der Waals surface area contributed by atoms with E-state index in [1.165, 1.54) is 57.8 Å². The minimum atomic E-state index is 0.0938. The van der Waals surface area contributed by atoms with Crippen LogP contribution in [0.4, 0.5) is 5.69 Å². The average Bonchev–Trinajstić information content (AvgIpc) is 2.57. The standard InChI is InChI=1S/C21H34ClNO/c1-3-4-5-6-7-8-9-10-11-12-13-17-21(24)23-20-16-14-15-19(22)18(20)2/h14-16H,3-13,17H2,1-2H3,(H,23,24). The van der Waals surface area contributed by atoms with Gasteiger partial charge in [0.25, 0.3) is 0 Å². The van der Waals surface area contributed by atoms with Gasteiger partial charge in [-0.1, -0.05) is 88.8 Å². The lowest BCUT2D eigenvalue weighted by Gasteiger charge is -2.09. The summed E-state index contributed by atoms with van der Waals surface area (Å²) in [6.07, 6.45) is 14.9. The predicted octanol–water partition coefficient (Wildman–Crippen LogP) is 7.29. The maximum Gasteiger partial charge on any atom is 0.224 e. The number of benzene rings is 1. The quantitative estimate of drug-likeness (QED) is 0.371. The lowest BCUT2D eigenvalue weighted by molar-refractivity contribution is -0.116. The average molecular weight is 352 g/mol. The van der Waals surface area contributed by atoms with E-state index < -0.39 is 0 Å². The summed E-state index contributed by atoms with van der Waals surface area (Å²) in [4.78, 5) is 12.0. The van der Waals surface area contributed by atoms with E-state index in [1.54, 1.807) is 0 Å². The lowest BCUT2D eigenvalue weighted by Crippen LogP contribution is -2.12. The molecule has 3 heteroatoms. The molecular weight excluding hydrogens is 318 g/mol. The number of hydrogen-bond donors (Lipinski definition) is 1. The number of amides is 1. The summed E-state index contributed by atoms with van der Waals surface area (Å²) in [7, 11) is 0. The molecule has 0 fully saturated rings. The monoisotopic (exact) mass is 351 g/mol. The SMILES string of the molecule is CCCCCCCCCCCCCC(=O)Nc1cccc(Cl)c1C. The molecule has 0 spiro atoms. The van der Waals surface area contributed by atoms with Gasteiger partial charge in [0, 0.05) is 17.1 Å². The Kier molecular flexibility index (Phi) is 11.6. The third-order valence-electron chi connectivity index (χ3n) is 4.55. The molecule has 0 aromatic heterocycles. The van der Waals surface area contributed by atoms with Crippen LogP contribution in [0.3, 0.4) is 0 Å². The molecule has 0 aliphatic carbocycles. The maximum absolute atomic E-state index is 12.0. The number of anilines is 1. The topological polar surface area (TPSA) is 29.1 Å². The van der Waals surface area contributed by atoms with Gasteiger partial charge in [-0.15, -0.1) is 0 Å². The zero-order valence-electron chi connectivity index (χ0n) is 15.5. The number of nitrogens with one attached hydrogen (secondary N) is 1. The summed E-state index contributed by atoms with van der Waals surface area (Å²) < 4.78 is 0. The van der Waals surface area contributed by atoms with E-state index in [1.807, 2.05) is 25.1 Å². The van der Waals surface area contributed by atoms with E-state index in [4.69, 9.17) is 11.6 Å². The minimum absolute atomic E-state index is 0.0938. The number of hydrogen-bond acceptors (Lipinski definition) is 1. The van der Waals surface area contributed by atoms with Gasteiger partial charge in [0.15, 0.2) is 0 Å². The van der Waals surface area contributed by atoms with Crippen molar-refractivity contribution in [2.24, 2.45) is 0 Å². The van der Waals surface area contributed by atoms with Crippen LogP contribution >= 0.6 is 11.6 Å². The first kappa shape index (κ1) is 21.0. The van der Waals surface area contributed by atoms with E-state index in [0.29, 0.717) is 11.4 Å². The number of rotatable bonds is 13. The van der Waals surface area contributed by atoms with E-state index in [9.17, 15) is 4.79 Å². The molecule has 0 saturated heterocycles. The number of carbonyl (C=O) groups is 1. The highest BCUT2D eigenvalue weighted by Gasteiger charge is 2.06. The molecule has 1 aromatic rings. The minimum Gasteiger partial charge on any atom is -0.326 e. The molecule has 0 heterocycles.